The standard InChI is InChI=1S/C12H11N3S2/c1-8-7-16-12(15-8)6-13-10-2-3-11-9(4-10)5-14-17-11/h2-5,7,13H,6H2,1H3. The number of aryl methyl sites for hydroxylation is 1. The largest absolute Gasteiger partial charge is 0.379 e. The second kappa shape index (κ2) is 4.43. The first-order valence-corrected chi connectivity index (χ1v) is 6.96. The van der Waals surface area contributed by atoms with E-state index in [0.717, 1.165) is 22.9 Å². The zero-order chi connectivity index (χ0) is 11.7. The summed E-state index contributed by atoms with van der Waals surface area (Å²) < 4.78 is 5.39. The molecular weight excluding hydrogens is 250 g/mol. The number of nitrogens with one attached hydrogen (secondary N) is 1. The van der Waals surface area contributed by atoms with E-state index in [1.54, 1.807) is 11.3 Å². The Kier molecular flexibility index (Phi) is 2.78. The van der Waals surface area contributed by atoms with E-state index in [1.165, 1.54) is 21.6 Å². The Hall–Kier alpha value is -1.46. The molecule has 0 aliphatic rings. The highest BCUT2D eigenvalue weighted by molar-refractivity contribution is 7.13. The summed E-state index contributed by atoms with van der Waals surface area (Å²) in [6, 6.07) is 6.31. The monoisotopic (exact) mass is 261 g/mol. The molecule has 0 saturated carbocycles. The van der Waals surface area contributed by atoms with Crippen LogP contribution in [0.1, 0.15) is 10.7 Å². The fraction of sp³-hybridized carbons (Fsp3) is 0.167. The van der Waals surface area contributed by atoms with E-state index in [-0.39, 0.29) is 0 Å². The normalized spacial score (nSPS) is 10.9. The van der Waals surface area contributed by atoms with Gasteiger partial charge >= 0.3 is 0 Å². The van der Waals surface area contributed by atoms with Crippen LogP contribution in [-0.4, -0.2) is 9.36 Å². The second-order valence-corrected chi connectivity index (χ2v) is 5.59. The summed E-state index contributed by atoms with van der Waals surface area (Å²) in [5, 5.41) is 7.76. The third-order valence-electron chi connectivity index (χ3n) is 2.46. The van der Waals surface area contributed by atoms with Gasteiger partial charge in [0.1, 0.15) is 5.01 Å². The van der Waals surface area contributed by atoms with E-state index < -0.39 is 0 Å². The number of aromatic nitrogens is 2. The molecule has 3 aromatic rings. The average Bonchev–Trinajstić information content (AvgIpc) is 2.94. The minimum absolute atomic E-state index is 0.779. The van der Waals surface area contributed by atoms with Gasteiger partial charge in [0.05, 0.1) is 11.2 Å². The molecule has 0 unspecified atom stereocenters. The number of fused-ring (bicyclic) bond motifs is 1. The molecule has 3 rings (SSSR count). The molecule has 1 N–H and O–H groups in total. The predicted molar refractivity (Wildman–Crippen MR) is 73.8 cm³/mol. The van der Waals surface area contributed by atoms with E-state index in [1.807, 2.05) is 13.1 Å². The van der Waals surface area contributed by atoms with Crippen molar-refractivity contribution in [2.24, 2.45) is 0 Å². The summed E-state index contributed by atoms with van der Waals surface area (Å²) in [7, 11) is 0. The van der Waals surface area contributed by atoms with Gasteiger partial charge in [0.25, 0.3) is 0 Å². The molecule has 2 heterocycles. The summed E-state index contributed by atoms with van der Waals surface area (Å²) in [6.45, 7) is 2.80. The molecule has 0 amide bonds. The topological polar surface area (TPSA) is 37.8 Å². The van der Waals surface area contributed by atoms with E-state index in [9.17, 15) is 0 Å². The Morgan fingerprint density at radius 3 is 3.12 bits per heavy atom. The summed E-state index contributed by atoms with van der Waals surface area (Å²) in [5.74, 6) is 0. The molecule has 0 aliphatic heterocycles. The first-order chi connectivity index (χ1) is 8.31. The Bertz CT molecular complexity index is 642. The van der Waals surface area contributed by atoms with Crippen LogP contribution in [0.5, 0.6) is 0 Å². The average molecular weight is 261 g/mol. The molecule has 0 bridgehead atoms. The molecule has 0 saturated heterocycles. The SMILES string of the molecule is Cc1csc(CNc2ccc3sncc3c2)n1. The van der Waals surface area contributed by atoms with Crippen molar-refractivity contribution >= 4 is 38.6 Å². The highest BCUT2D eigenvalue weighted by atomic mass is 32.1. The lowest BCUT2D eigenvalue weighted by Crippen LogP contribution is -1.98. The minimum atomic E-state index is 0.779. The number of anilines is 1. The van der Waals surface area contributed by atoms with Crippen molar-refractivity contribution < 1.29 is 0 Å². The third-order valence-corrected chi connectivity index (χ3v) is 4.21. The smallest absolute Gasteiger partial charge is 0.112 e. The lowest BCUT2D eigenvalue weighted by atomic mass is 10.2. The quantitative estimate of drug-likeness (QED) is 0.781. The Balaban J connectivity index is 1.76. The molecule has 0 atom stereocenters. The van der Waals surface area contributed by atoms with Crippen LogP contribution in [0.15, 0.2) is 29.8 Å². The predicted octanol–water partition coefficient (Wildman–Crippen LogP) is 3.67. The van der Waals surface area contributed by atoms with Gasteiger partial charge in [-0.3, -0.25) is 0 Å². The Labute approximate surface area is 107 Å². The van der Waals surface area contributed by atoms with E-state index >= 15 is 0 Å². The Morgan fingerprint density at radius 1 is 1.35 bits per heavy atom. The van der Waals surface area contributed by atoms with Crippen molar-refractivity contribution in [2.75, 3.05) is 5.32 Å². The number of hydrogen-bond acceptors (Lipinski definition) is 5. The summed E-state index contributed by atoms with van der Waals surface area (Å²) in [5.41, 5.74) is 2.20. The fourth-order valence-electron chi connectivity index (χ4n) is 1.64. The van der Waals surface area contributed by atoms with Crippen molar-refractivity contribution in [3.05, 3.63) is 40.5 Å². The van der Waals surface area contributed by atoms with Crippen molar-refractivity contribution in [3.63, 3.8) is 0 Å². The second-order valence-electron chi connectivity index (χ2n) is 3.81. The van der Waals surface area contributed by atoms with Crippen LogP contribution < -0.4 is 5.32 Å². The molecule has 0 fully saturated rings. The summed E-state index contributed by atoms with van der Waals surface area (Å²) in [6.07, 6.45) is 1.90. The van der Waals surface area contributed by atoms with Gasteiger partial charge < -0.3 is 5.32 Å². The number of nitrogens with zero attached hydrogens (tertiary/aromatic N) is 2. The van der Waals surface area contributed by atoms with Gasteiger partial charge in [-0.1, -0.05) is 0 Å². The Morgan fingerprint density at radius 2 is 2.29 bits per heavy atom. The van der Waals surface area contributed by atoms with Gasteiger partial charge in [-0.25, -0.2) is 4.98 Å². The van der Waals surface area contributed by atoms with Gasteiger partial charge in [0.15, 0.2) is 0 Å². The van der Waals surface area contributed by atoms with Crippen molar-refractivity contribution in [1.82, 2.24) is 9.36 Å². The summed E-state index contributed by atoms with van der Waals surface area (Å²) >= 11 is 3.22. The number of hydrogen-bond donors (Lipinski definition) is 1. The maximum Gasteiger partial charge on any atom is 0.112 e. The van der Waals surface area contributed by atoms with Gasteiger partial charge in [0, 0.05) is 28.3 Å². The van der Waals surface area contributed by atoms with Crippen molar-refractivity contribution in [1.29, 1.82) is 0 Å². The van der Waals surface area contributed by atoms with Gasteiger partial charge in [-0.05, 0) is 36.7 Å². The highest BCUT2D eigenvalue weighted by Crippen LogP contribution is 2.22. The molecule has 0 spiro atoms. The molecule has 2 aromatic heterocycles. The number of rotatable bonds is 3. The van der Waals surface area contributed by atoms with Crippen LogP contribution in [0, 0.1) is 6.92 Å². The molecule has 0 radical (unpaired) electrons. The van der Waals surface area contributed by atoms with Crippen molar-refractivity contribution in [3.8, 4) is 0 Å². The minimum Gasteiger partial charge on any atom is -0.379 e. The lowest BCUT2D eigenvalue weighted by Gasteiger charge is -2.03. The molecule has 17 heavy (non-hydrogen) atoms. The van der Waals surface area contributed by atoms with Crippen LogP contribution in [0.4, 0.5) is 5.69 Å². The van der Waals surface area contributed by atoms with Crippen LogP contribution in [0.2, 0.25) is 0 Å². The van der Waals surface area contributed by atoms with Gasteiger partial charge in [-0.15, -0.1) is 11.3 Å². The molecule has 3 nitrogen and oxygen atoms in total. The van der Waals surface area contributed by atoms with Crippen LogP contribution in [-0.2, 0) is 6.54 Å². The van der Waals surface area contributed by atoms with Crippen molar-refractivity contribution in [2.45, 2.75) is 13.5 Å². The van der Waals surface area contributed by atoms with Gasteiger partial charge in [-0.2, -0.15) is 4.37 Å². The van der Waals surface area contributed by atoms with Crippen LogP contribution in [0.25, 0.3) is 10.1 Å². The molecular formula is C12H11N3S2. The maximum absolute atomic E-state index is 4.42. The zero-order valence-corrected chi connectivity index (χ0v) is 10.9. The summed E-state index contributed by atoms with van der Waals surface area (Å²) in [4.78, 5) is 4.42. The van der Waals surface area contributed by atoms with Gasteiger partial charge in [0.2, 0.25) is 0 Å². The molecule has 86 valence electrons. The number of benzene rings is 1. The first kappa shape index (κ1) is 10.7. The van der Waals surface area contributed by atoms with E-state index in [0.29, 0.717) is 0 Å². The fourth-order valence-corrected chi connectivity index (χ4v) is 2.98. The third kappa shape index (κ3) is 2.30. The highest BCUT2D eigenvalue weighted by Gasteiger charge is 2.00. The number of thiazole rings is 1. The van der Waals surface area contributed by atoms with E-state index in [4.69, 9.17) is 0 Å². The van der Waals surface area contributed by atoms with E-state index in [2.05, 4.69) is 38.3 Å². The maximum atomic E-state index is 4.42. The zero-order valence-electron chi connectivity index (χ0n) is 9.30. The van der Waals surface area contributed by atoms with Crippen LogP contribution in [0.3, 0.4) is 0 Å². The first-order valence-electron chi connectivity index (χ1n) is 5.30. The van der Waals surface area contributed by atoms with Crippen LogP contribution >= 0.6 is 22.9 Å². The molecule has 5 heteroatoms. The lowest BCUT2D eigenvalue weighted by molar-refractivity contribution is 1.08. The molecule has 0 aliphatic carbocycles. The molecule has 1 aromatic carbocycles.